The molecule has 1 fully saturated rings. The molecule has 0 radical (unpaired) electrons. The van der Waals surface area contributed by atoms with Crippen molar-refractivity contribution in [3.8, 4) is 5.69 Å². The minimum Gasteiger partial charge on any atom is -0.326 e. The summed E-state index contributed by atoms with van der Waals surface area (Å²) in [7, 11) is 0. The Labute approximate surface area is 171 Å². The van der Waals surface area contributed by atoms with E-state index in [-0.39, 0.29) is 11.8 Å². The number of nitrogens with zero attached hydrogens (tertiary/aromatic N) is 3. The summed E-state index contributed by atoms with van der Waals surface area (Å²) < 4.78 is 1.62. The predicted octanol–water partition coefficient (Wildman–Crippen LogP) is 4.22. The molecular formula is C20H19ClN4O2S. The Morgan fingerprint density at radius 3 is 2.82 bits per heavy atom. The van der Waals surface area contributed by atoms with Crippen LogP contribution < -0.4 is 5.32 Å². The molecule has 8 heteroatoms. The van der Waals surface area contributed by atoms with Gasteiger partial charge in [0.15, 0.2) is 0 Å². The van der Waals surface area contributed by atoms with E-state index in [1.807, 2.05) is 29.6 Å². The second kappa shape index (κ2) is 8.16. The molecule has 0 bridgehead atoms. The molecule has 1 unspecified atom stereocenters. The smallest absolute Gasteiger partial charge is 0.264 e. The van der Waals surface area contributed by atoms with Crippen LogP contribution in [0.1, 0.15) is 28.9 Å². The Bertz CT molecular complexity index is 986. The second-order valence-electron chi connectivity index (χ2n) is 6.60. The highest BCUT2D eigenvalue weighted by Crippen LogP contribution is 2.24. The van der Waals surface area contributed by atoms with Gasteiger partial charge in [-0.25, -0.2) is 4.68 Å². The van der Waals surface area contributed by atoms with Gasteiger partial charge in [0.2, 0.25) is 5.91 Å². The van der Waals surface area contributed by atoms with Crippen molar-refractivity contribution >= 4 is 40.4 Å². The number of aromatic nitrogens is 2. The van der Waals surface area contributed by atoms with Gasteiger partial charge in [0.05, 0.1) is 33.7 Å². The zero-order valence-electron chi connectivity index (χ0n) is 15.0. The van der Waals surface area contributed by atoms with Gasteiger partial charge in [-0.15, -0.1) is 11.3 Å². The number of rotatable bonds is 4. The van der Waals surface area contributed by atoms with Gasteiger partial charge in [-0.3, -0.25) is 9.59 Å². The quantitative estimate of drug-likeness (QED) is 0.695. The van der Waals surface area contributed by atoms with Gasteiger partial charge < -0.3 is 10.2 Å². The molecule has 4 rings (SSSR count). The molecule has 0 saturated carbocycles. The predicted molar refractivity (Wildman–Crippen MR) is 110 cm³/mol. The topological polar surface area (TPSA) is 67.2 Å². The normalized spacial score (nSPS) is 16.8. The van der Waals surface area contributed by atoms with Crippen LogP contribution in [0.5, 0.6) is 0 Å². The number of likely N-dealkylation sites (tertiary alicyclic amines) is 1. The first-order valence-electron chi connectivity index (χ1n) is 9.08. The van der Waals surface area contributed by atoms with Crippen molar-refractivity contribution in [1.82, 2.24) is 14.7 Å². The molecule has 144 valence electrons. The van der Waals surface area contributed by atoms with E-state index in [1.54, 1.807) is 34.1 Å². The van der Waals surface area contributed by atoms with Gasteiger partial charge in [-0.1, -0.05) is 29.8 Å². The van der Waals surface area contributed by atoms with Crippen LogP contribution in [0, 0.1) is 0 Å². The molecule has 3 aromatic rings. The van der Waals surface area contributed by atoms with Crippen LogP contribution in [0.4, 0.5) is 5.69 Å². The molecule has 1 aliphatic heterocycles. The third-order valence-electron chi connectivity index (χ3n) is 4.75. The number of amides is 2. The number of carbonyl (C=O) groups is 2. The fourth-order valence-corrected chi connectivity index (χ4v) is 4.27. The first-order chi connectivity index (χ1) is 13.6. The molecule has 6 nitrogen and oxygen atoms in total. The first kappa shape index (κ1) is 18.7. The molecule has 1 aliphatic rings. The van der Waals surface area contributed by atoms with Crippen LogP contribution in [0.15, 0.2) is 54.2 Å². The summed E-state index contributed by atoms with van der Waals surface area (Å²) in [4.78, 5) is 28.0. The van der Waals surface area contributed by atoms with E-state index in [9.17, 15) is 9.59 Å². The van der Waals surface area contributed by atoms with E-state index in [4.69, 9.17) is 11.6 Å². The van der Waals surface area contributed by atoms with Crippen molar-refractivity contribution in [3.63, 3.8) is 0 Å². The fraction of sp³-hybridized carbons (Fsp3) is 0.250. The van der Waals surface area contributed by atoms with Crippen LogP contribution in [-0.2, 0) is 4.79 Å². The number of hydrogen-bond acceptors (Lipinski definition) is 4. The Morgan fingerprint density at radius 2 is 2.04 bits per heavy atom. The molecule has 1 atom stereocenters. The molecule has 3 heterocycles. The number of halogens is 1. The number of carbonyl (C=O) groups excluding carboxylic acids is 2. The van der Waals surface area contributed by atoms with Gasteiger partial charge in [0.1, 0.15) is 6.04 Å². The van der Waals surface area contributed by atoms with Crippen LogP contribution >= 0.6 is 22.9 Å². The highest BCUT2D eigenvalue weighted by Gasteiger charge is 2.33. The number of benzene rings is 1. The Balaban J connectivity index is 1.49. The molecule has 0 aliphatic carbocycles. The average Bonchev–Trinajstić information content (AvgIpc) is 3.40. The van der Waals surface area contributed by atoms with E-state index in [0.717, 1.165) is 18.5 Å². The van der Waals surface area contributed by atoms with Gasteiger partial charge in [-0.05, 0) is 42.8 Å². The van der Waals surface area contributed by atoms with E-state index >= 15 is 0 Å². The maximum absolute atomic E-state index is 12.9. The number of piperidine rings is 1. The molecule has 2 amide bonds. The van der Waals surface area contributed by atoms with Gasteiger partial charge in [-0.2, -0.15) is 5.10 Å². The lowest BCUT2D eigenvalue weighted by molar-refractivity contribution is -0.121. The fourth-order valence-electron chi connectivity index (χ4n) is 3.37. The van der Waals surface area contributed by atoms with Gasteiger partial charge >= 0.3 is 0 Å². The largest absolute Gasteiger partial charge is 0.326 e. The molecule has 1 aromatic carbocycles. The Morgan fingerprint density at radius 1 is 1.18 bits per heavy atom. The van der Waals surface area contributed by atoms with Crippen molar-refractivity contribution in [2.75, 3.05) is 11.9 Å². The van der Waals surface area contributed by atoms with E-state index in [0.29, 0.717) is 28.6 Å². The standard InChI is InChI=1S/C20H19ClN4O2S/c21-15-6-1-2-7-16(15)25-13-14(12-22-25)23-19(26)17-8-3-4-10-24(17)20(27)18-9-5-11-28-18/h1-2,5-7,9,11-13,17H,3-4,8,10H2,(H,23,26). The van der Waals surface area contributed by atoms with E-state index in [1.165, 1.54) is 11.3 Å². The minimum absolute atomic E-state index is 0.0818. The first-order valence-corrected chi connectivity index (χ1v) is 10.3. The minimum atomic E-state index is -0.480. The third kappa shape index (κ3) is 3.81. The lowest BCUT2D eigenvalue weighted by Gasteiger charge is -2.34. The Kier molecular flexibility index (Phi) is 5.45. The lowest BCUT2D eigenvalue weighted by atomic mass is 10.0. The van der Waals surface area contributed by atoms with Crippen LogP contribution in [0.2, 0.25) is 5.02 Å². The zero-order chi connectivity index (χ0) is 19.5. The van der Waals surface area contributed by atoms with Crippen molar-refractivity contribution in [2.45, 2.75) is 25.3 Å². The van der Waals surface area contributed by atoms with Crippen molar-refractivity contribution in [1.29, 1.82) is 0 Å². The molecule has 1 N–H and O–H groups in total. The summed E-state index contributed by atoms with van der Waals surface area (Å²) >= 11 is 7.60. The second-order valence-corrected chi connectivity index (χ2v) is 7.96. The summed E-state index contributed by atoms with van der Waals surface area (Å²) in [6.07, 6.45) is 5.78. The number of hydrogen-bond donors (Lipinski definition) is 1. The molecule has 2 aromatic heterocycles. The lowest BCUT2D eigenvalue weighted by Crippen LogP contribution is -2.49. The van der Waals surface area contributed by atoms with Gasteiger partial charge in [0.25, 0.3) is 5.91 Å². The summed E-state index contributed by atoms with van der Waals surface area (Å²) in [5.41, 5.74) is 1.30. The number of para-hydroxylation sites is 1. The summed E-state index contributed by atoms with van der Waals surface area (Å²) in [5, 5.41) is 9.62. The van der Waals surface area contributed by atoms with Crippen molar-refractivity contribution in [2.24, 2.45) is 0 Å². The third-order valence-corrected chi connectivity index (χ3v) is 5.93. The van der Waals surface area contributed by atoms with Crippen LogP contribution in [0.25, 0.3) is 5.69 Å². The molecule has 0 spiro atoms. The van der Waals surface area contributed by atoms with Crippen LogP contribution in [0.3, 0.4) is 0 Å². The average molecular weight is 415 g/mol. The number of anilines is 1. The zero-order valence-corrected chi connectivity index (χ0v) is 16.6. The van der Waals surface area contributed by atoms with E-state index < -0.39 is 6.04 Å². The highest BCUT2D eigenvalue weighted by atomic mass is 35.5. The summed E-state index contributed by atoms with van der Waals surface area (Å²) in [6.45, 7) is 0.591. The SMILES string of the molecule is O=C(Nc1cnn(-c2ccccc2Cl)c1)C1CCCCN1C(=O)c1cccs1. The van der Waals surface area contributed by atoms with Crippen LogP contribution in [-0.4, -0.2) is 39.1 Å². The van der Waals surface area contributed by atoms with Crippen molar-refractivity contribution in [3.05, 3.63) is 64.1 Å². The Hall–Kier alpha value is -2.64. The number of nitrogens with one attached hydrogen (secondary N) is 1. The number of thiophene rings is 1. The maximum Gasteiger partial charge on any atom is 0.264 e. The maximum atomic E-state index is 12.9. The van der Waals surface area contributed by atoms with Crippen molar-refractivity contribution < 1.29 is 9.59 Å². The molecule has 1 saturated heterocycles. The monoisotopic (exact) mass is 414 g/mol. The summed E-state index contributed by atoms with van der Waals surface area (Å²) in [6, 6.07) is 10.5. The molecule has 28 heavy (non-hydrogen) atoms. The van der Waals surface area contributed by atoms with E-state index in [2.05, 4.69) is 10.4 Å². The highest BCUT2D eigenvalue weighted by molar-refractivity contribution is 7.12. The summed E-state index contributed by atoms with van der Waals surface area (Å²) in [5.74, 6) is -0.273. The molecular weight excluding hydrogens is 396 g/mol. The van der Waals surface area contributed by atoms with Gasteiger partial charge in [0, 0.05) is 6.54 Å².